The van der Waals surface area contributed by atoms with Gasteiger partial charge in [-0.05, 0) is 48.9 Å². The van der Waals surface area contributed by atoms with Crippen molar-refractivity contribution in [2.45, 2.75) is 11.8 Å². The van der Waals surface area contributed by atoms with Crippen LogP contribution in [0.1, 0.15) is 15.9 Å². The summed E-state index contributed by atoms with van der Waals surface area (Å²) in [5.74, 6) is -0.983. The number of benzene rings is 2. The Hall–Kier alpha value is -2.34. The van der Waals surface area contributed by atoms with Crippen molar-refractivity contribution in [2.24, 2.45) is 0 Å². The largest absolute Gasteiger partial charge is 0.478 e. The van der Waals surface area contributed by atoms with E-state index < -0.39 is 15.8 Å². The molecule has 0 bridgehead atoms. The minimum atomic E-state index is -3.22. The topological polar surface area (TPSA) is 83.5 Å². The number of hydrogen-bond donors (Lipinski definition) is 2. The number of rotatable bonds is 4. The third-order valence-electron chi connectivity index (χ3n) is 3.04. The van der Waals surface area contributed by atoms with Crippen molar-refractivity contribution in [1.82, 2.24) is 0 Å². The van der Waals surface area contributed by atoms with E-state index in [2.05, 4.69) is 5.32 Å². The normalized spacial score (nSPS) is 11.1. The van der Waals surface area contributed by atoms with Crippen LogP contribution in [0.3, 0.4) is 0 Å². The predicted molar refractivity (Wildman–Crippen MR) is 81.0 cm³/mol. The number of aryl methyl sites for hydroxylation is 1. The van der Waals surface area contributed by atoms with Gasteiger partial charge in [0.05, 0.1) is 10.5 Å². The highest BCUT2D eigenvalue weighted by molar-refractivity contribution is 7.90. The molecular formula is C15H15NO4S. The lowest BCUT2D eigenvalue weighted by Crippen LogP contribution is -2.01. The fourth-order valence-electron chi connectivity index (χ4n) is 1.88. The molecule has 0 unspecified atom stereocenters. The number of sulfone groups is 1. The van der Waals surface area contributed by atoms with Crippen LogP contribution in [-0.2, 0) is 9.84 Å². The van der Waals surface area contributed by atoms with Crippen molar-refractivity contribution in [3.05, 3.63) is 53.6 Å². The Bertz CT molecular complexity index is 780. The highest BCUT2D eigenvalue weighted by atomic mass is 32.2. The highest BCUT2D eigenvalue weighted by Gasteiger charge is 2.09. The molecule has 2 aromatic carbocycles. The molecule has 2 aromatic rings. The van der Waals surface area contributed by atoms with E-state index in [1.54, 1.807) is 37.3 Å². The van der Waals surface area contributed by atoms with Crippen LogP contribution in [0.5, 0.6) is 0 Å². The molecule has 0 amide bonds. The predicted octanol–water partition coefficient (Wildman–Crippen LogP) is 2.84. The average molecular weight is 305 g/mol. The van der Waals surface area contributed by atoms with Gasteiger partial charge in [0.25, 0.3) is 0 Å². The molecule has 0 atom stereocenters. The molecule has 0 saturated heterocycles. The van der Waals surface area contributed by atoms with Gasteiger partial charge in [0.15, 0.2) is 9.84 Å². The van der Waals surface area contributed by atoms with Crippen LogP contribution < -0.4 is 5.32 Å². The molecule has 0 fully saturated rings. The second-order valence-corrected chi connectivity index (χ2v) is 6.77. The Morgan fingerprint density at radius 1 is 1.05 bits per heavy atom. The van der Waals surface area contributed by atoms with Gasteiger partial charge in [-0.15, -0.1) is 0 Å². The number of anilines is 2. The van der Waals surface area contributed by atoms with E-state index in [0.29, 0.717) is 16.9 Å². The van der Waals surface area contributed by atoms with Crippen molar-refractivity contribution in [3.63, 3.8) is 0 Å². The zero-order valence-corrected chi connectivity index (χ0v) is 12.4. The van der Waals surface area contributed by atoms with Gasteiger partial charge in [0.2, 0.25) is 0 Å². The molecule has 5 nitrogen and oxygen atoms in total. The third kappa shape index (κ3) is 3.61. The highest BCUT2D eigenvalue weighted by Crippen LogP contribution is 2.21. The zero-order chi connectivity index (χ0) is 15.6. The van der Waals surface area contributed by atoms with Gasteiger partial charge in [0.1, 0.15) is 0 Å². The molecule has 0 aliphatic heterocycles. The van der Waals surface area contributed by atoms with Crippen LogP contribution in [0.4, 0.5) is 11.4 Å². The summed E-state index contributed by atoms with van der Waals surface area (Å²) in [7, 11) is -3.22. The van der Waals surface area contributed by atoms with Crippen molar-refractivity contribution in [3.8, 4) is 0 Å². The number of carboxylic acid groups (broad SMARTS) is 1. The second kappa shape index (κ2) is 5.57. The maximum atomic E-state index is 11.4. The number of nitrogens with one attached hydrogen (secondary N) is 1. The molecule has 2 rings (SSSR count). The van der Waals surface area contributed by atoms with E-state index in [9.17, 15) is 13.2 Å². The van der Waals surface area contributed by atoms with Crippen molar-refractivity contribution >= 4 is 27.2 Å². The first kappa shape index (κ1) is 15.1. The fourth-order valence-corrected chi connectivity index (χ4v) is 2.51. The summed E-state index contributed by atoms with van der Waals surface area (Å²) in [5.41, 5.74) is 2.22. The molecular weight excluding hydrogens is 290 g/mol. The standard InChI is InChI=1S/C15H15NO4S/c1-10-3-4-12(9-14(10)15(17)18)16-11-5-7-13(8-6-11)21(2,19)20/h3-9,16H,1-2H3,(H,17,18). The van der Waals surface area contributed by atoms with Gasteiger partial charge in [-0.1, -0.05) is 6.07 Å². The van der Waals surface area contributed by atoms with Gasteiger partial charge >= 0.3 is 5.97 Å². The molecule has 0 aliphatic carbocycles. The van der Waals surface area contributed by atoms with Crippen molar-refractivity contribution in [2.75, 3.05) is 11.6 Å². The van der Waals surface area contributed by atoms with Crippen LogP contribution in [0.15, 0.2) is 47.4 Å². The van der Waals surface area contributed by atoms with E-state index in [1.165, 1.54) is 12.1 Å². The van der Waals surface area contributed by atoms with Crippen LogP contribution in [0.2, 0.25) is 0 Å². The first-order chi connectivity index (χ1) is 9.77. The third-order valence-corrected chi connectivity index (χ3v) is 4.17. The smallest absolute Gasteiger partial charge is 0.336 e. The van der Waals surface area contributed by atoms with Crippen LogP contribution in [0, 0.1) is 6.92 Å². The lowest BCUT2D eigenvalue weighted by atomic mass is 10.1. The lowest BCUT2D eigenvalue weighted by molar-refractivity contribution is 0.0696. The SMILES string of the molecule is Cc1ccc(Nc2ccc(S(C)(=O)=O)cc2)cc1C(=O)O. The Morgan fingerprint density at radius 2 is 1.62 bits per heavy atom. The molecule has 0 radical (unpaired) electrons. The summed E-state index contributed by atoms with van der Waals surface area (Å²) in [6, 6.07) is 11.3. The van der Waals surface area contributed by atoms with E-state index >= 15 is 0 Å². The number of carbonyl (C=O) groups is 1. The summed E-state index contributed by atoms with van der Waals surface area (Å²) in [6.45, 7) is 1.73. The van der Waals surface area contributed by atoms with Crippen molar-refractivity contribution < 1.29 is 18.3 Å². The van der Waals surface area contributed by atoms with Crippen LogP contribution in [-0.4, -0.2) is 25.7 Å². The number of carboxylic acids is 1. The van der Waals surface area contributed by atoms with E-state index in [-0.39, 0.29) is 10.5 Å². The first-order valence-electron chi connectivity index (χ1n) is 6.18. The molecule has 2 N–H and O–H groups in total. The van der Waals surface area contributed by atoms with Crippen LogP contribution >= 0.6 is 0 Å². The maximum Gasteiger partial charge on any atom is 0.336 e. The molecule has 0 aromatic heterocycles. The van der Waals surface area contributed by atoms with Gasteiger partial charge < -0.3 is 10.4 Å². The average Bonchev–Trinajstić information content (AvgIpc) is 2.40. The molecule has 110 valence electrons. The van der Waals surface area contributed by atoms with Gasteiger partial charge in [-0.3, -0.25) is 0 Å². The van der Waals surface area contributed by atoms with Gasteiger partial charge in [0, 0.05) is 17.6 Å². The summed E-state index contributed by atoms with van der Waals surface area (Å²) < 4.78 is 22.7. The van der Waals surface area contributed by atoms with E-state index in [0.717, 1.165) is 6.26 Å². The van der Waals surface area contributed by atoms with Gasteiger partial charge in [-0.2, -0.15) is 0 Å². The fraction of sp³-hybridized carbons (Fsp3) is 0.133. The Labute approximate surface area is 123 Å². The summed E-state index contributed by atoms with van der Waals surface area (Å²) in [6.07, 6.45) is 1.15. The van der Waals surface area contributed by atoms with E-state index in [4.69, 9.17) is 5.11 Å². The Kier molecular flexibility index (Phi) is 3.99. The zero-order valence-electron chi connectivity index (χ0n) is 11.6. The molecule has 0 aliphatic rings. The Morgan fingerprint density at radius 3 is 2.14 bits per heavy atom. The number of hydrogen-bond acceptors (Lipinski definition) is 4. The second-order valence-electron chi connectivity index (χ2n) is 4.76. The minimum Gasteiger partial charge on any atom is -0.478 e. The molecule has 6 heteroatoms. The van der Waals surface area contributed by atoms with Crippen molar-refractivity contribution in [1.29, 1.82) is 0 Å². The Balaban J connectivity index is 2.26. The quantitative estimate of drug-likeness (QED) is 0.907. The summed E-state index contributed by atoms with van der Waals surface area (Å²) >= 11 is 0. The molecule has 0 heterocycles. The minimum absolute atomic E-state index is 0.229. The number of aromatic carboxylic acids is 1. The first-order valence-corrected chi connectivity index (χ1v) is 8.07. The summed E-state index contributed by atoms with van der Waals surface area (Å²) in [4.78, 5) is 11.3. The maximum absolute atomic E-state index is 11.4. The summed E-state index contributed by atoms with van der Waals surface area (Å²) in [5, 5.41) is 12.1. The molecule has 0 spiro atoms. The van der Waals surface area contributed by atoms with E-state index in [1.807, 2.05) is 0 Å². The molecule has 21 heavy (non-hydrogen) atoms. The monoisotopic (exact) mass is 305 g/mol. The van der Waals surface area contributed by atoms with Gasteiger partial charge in [-0.25, -0.2) is 13.2 Å². The lowest BCUT2D eigenvalue weighted by Gasteiger charge is -2.09. The molecule has 0 saturated carbocycles. The van der Waals surface area contributed by atoms with Crippen LogP contribution in [0.25, 0.3) is 0 Å².